The van der Waals surface area contributed by atoms with Gasteiger partial charge < -0.3 is 5.32 Å². The molecule has 0 aliphatic heterocycles. The van der Waals surface area contributed by atoms with Crippen molar-refractivity contribution in [3.63, 3.8) is 0 Å². The third-order valence-electron chi connectivity index (χ3n) is 3.21. The van der Waals surface area contributed by atoms with E-state index in [4.69, 9.17) is 0 Å². The molecule has 0 aliphatic carbocycles. The summed E-state index contributed by atoms with van der Waals surface area (Å²) in [6.07, 6.45) is 1.55. The molecule has 1 aromatic rings. The van der Waals surface area contributed by atoms with Crippen LogP contribution >= 0.6 is 0 Å². The van der Waals surface area contributed by atoms with Gasteiger partial charge in [-0.3, -0.25) is 9.59 Å². The van der Waals surface area contributed by atoms with Crippen LogP contribution in [0.3, 0.4) is 0 Å². The van der Waals surface area contributed by atoms with Crippen molar-refractivity contribution in [2.75, 3.05) is 6.54 Å². The monoisotopic (exact) mass is 245 g/mol. The van der Waals surface area contributed by atoms with Gasteiger partial charge >= 0.3 is 0 Å². The largest absolute Gasteiger partial charge is 0.346 e. The Labute approximate surface area is 108 Å². The van der Waals surface area contributed by atoms with E-state index in [9.17, 15) is 9.59 Å². The van der Waals surface area contributed by atoms with Crippen LogP contribution in [0.25, 0.3) is 0 Å². The maximum Gasteiger partial charge on any atom is 0.292 e. The summed E-state index contributed by atoms with van der Waals surface area (Å²) in [6, 6.07) is 2.03. The number of hydrogen-bond donors (Lipinski definition) is 1. The summed E-state index contributed by atoms with van der Waals surface area (Å²) in [5.41, 5.74) is 4.32. The molecule has 1 aromatic carbocycles. The lowest BCUT2D eigenvalue weighted by Crippen LogP contribution is -2.32. The Morgan fingerprint density at radius 2 is 1.67 bits per heavy atom. The highest BCUT2D eigenvalue weighted by Crippen LogP contribution is 2.22. The topological polar surface area (TPSA) is 46.2 Å². The molecule has 0 spiro atoms. The molecule has 0 radical (unpaired) electrons. The van der Waals surface area contributed by atoms with Crippen molar-refractivity contribution in [3.05, 3.63) is 46.5 Å². The maximum absolute atomic E-state index is 12.2. The molecule has 0 aromatic heterocycles. The summed E-state index contributed by atoms with van der Waals surface area (Å²) in [5.74, 6) is -1.05. The SMILES string of the molecule is C=CCNC(=O)C(=O)c1c(C)c(C)cc(C)c1C. The summed E-state index contributed by atoms with van der Waals surface area (Å²) in [5, 5.41) is 2.52. The first-order chi connectivity index (χ1) is 8.40. The van der Waals surface area contributed by atoms with Crippen LogP contribution in [0.1, 0.15) is 32.6 Å². The van der Waals surface area contributed by atoms with E-state index < -0.39 is 11.7 Å². The zero-order valence-corrected chi connectivity index (χ0v) is 11.4. The van der Waals surface area contributed by atoms with Crippen LogP contribution in [-0.4, -0.2) is 18.2 Å². The first kappa shape index (κ1) is 14.2. The number of carbonyl (C=O) groups is 2. The molecule has 1 amide bonds. The summed E-state index contributed by atoms with van der Waals surface area (Å²) in [6.45, 7) is 11.4. The minimum atomic E-state index is -0.578. The third kappa shape index (κ3) is 2.67. The fourth-order valence-electron chi connectivity index (χ4n) is 1.92. The zero-order valence-electron chi connectivity index (χ0n) is 11.4. The van der Waals surface area contributed by atoms with Crippen molar-refractivity contribution in [3.8, 4) is 0 Å². The fourth-order valence-corrected chi connectivity index (χ4v) is 1.92. The standard InChI is InChI=1S/C15H19NO2/c1-6-7-16-15(18)14(17)13-11(4)9(2)8-10(3)12(13)5/h6,8H,1,7H2,2-5H3,(H,16,18). The molecule has 0 atom stereocenters. The van der Waals surface area contributed by atoms with E-state index in [1.165, 1.54) is 0 Å². The predicted octanol–water partition coefficient (Wildman–Crippen LogP) is 2.41. The quantitative estimate of drug-likeness (QED) is 0.503. The molecule has 0 saturated heterocycles. The second kappa shape index (κ2) is 5.63. The molecule has 3 nitrogen and oxygen atoms in total. The Hall–Kier alpha value is -1.90. The number of amides is 1. The maximum atomic E-state index is 12.2. The third-order valence-corrected chi connectivity index (χ3v) is 3.21. The van der Waals surface area contributed by atoms with Crippen LogP contribution in [0, 0.1) is 27.7 Å². The van der Waals surface area contributed by atoms with Crippen LogP contribution in [-0.2, 0) is 4.79 Å². The molecular weight excluding hydrogens is 226 g/mol. The van der Waals surface area contributed by atoms with Crippen molar-refractivity contribution >= 4 is 11.7 Å². The van der Waals surface area contributed by atoms with Gasteiger partial charge in [0.25, 0.3) is 11.7 Å². The minimum Gasteiger partial charge on any atom is -0.346 e. The molecule has 1 N–H and O–H groups in total. The van der Waals surface area contributed by atoms with Crippen LogP contribution in [0.5, 0.6) is 0 Å². The van der Waals surface area contributed by atoms with Gasteiger partial charge in [0.15, 0.2) is 0 Å². The molecule has 0 bridgehead atoms. The van der Waals surface area contributed by atoms with Crippen molar-refractivity contribution in [1.29, 1.82) is 0 Å². The van der Waals surface area contributed by atoms with E-state index in [-0.39, 0.29) is 0 Å². The molecule has 0 heterocycles. The van der Waals surface area contributed by atoms with Crippen molar-refractivity contribution in [2.24, 2.45) is 0 Å². The second-order valence-electron chi connectivity index (χ2n) is 4.46. The number of benzene rings is 1. The Balaban J connectivity index is 3.20. The Bertz CT molecular complexity index is 489. The zero-order chi connectivity index (χ0) is 13.9. The van der Waals surface area contributed by atoms with E-state index in [0.717, 1.165) is 22.3 Å². The molecule has 0 aliphatic rings. The van der Waals surface area contributed by atoms with Gasteiger partial charge in [-0.1, -0.05) is 12.1 Å². The minimum absolute atomic E-state index is 0.299. The van der Waals surface area contributed by atoms with Crippen LogP contribution in [0.4, 0.5) is 0 Å². The average Bonchev–Trinajstić information content (AvgIpc) is 2.33. The van der Waals surface area contributed by atoms with Crippen molar-refractivity contribution in [2.45, 2.75) is 27.7 Å². The summed E-state index contributed by atoms with van der Waals surface area (Å²) in [7, 11) is 0. The van der Waals surface area contributed by atoms with Gasteiger partial charge in [-0.05, 0) is 49.9 Å². The van der Waals surface area contributed by atoms with Gasteiger partial charge in [-0.2, -0.15) is 0 Å². The summed E-state index contributed by atoms with van der Waals surface area (Å²) >= 11 is 0. The lowest BCUT2D eigenvalue weighted by molar-refractivity contribution is -0.116. The Morgan fingerprint density at radius 3 is 2.11 bits per heavy atom. The van der Waals surface area contributed by atoms with Crippen molar-refractivity contribution < 1.29 is 9.59 Å². The van der Waals surface area contributed by atoms with Crippen LogP contribution < -0.4 is 5.32 Å². The number of aryl methyl sites for hydroxylation is 2. The first-order valence-electron chi connectivity index (χ1n) is 5.91. The molecule has 1 rings (SSSR count). The Kier molecular flexibility index (Phi) is 4.43. The number of carbonyl (C=O) groups excluding carboxylic acids is 2. The number of hydrogen-bond acceptors (Lipinski definition) is 2. The van der Waals surface area contributed by atoms with Gasteiger partial charge in [0.05, 0.1) is 0 Å². The van der Waals surface area contributed by atoms with Gasteiger partial charge in [0, 0.05) is 12.1 Å². The molecule has 96 valence electrons. The van der Waals surface area contributed by atoms with E-state index in [1.807, 2.05) is 33.8 Å². The van der Waals surface area contributed by atoms with E-state index in [2.05, 4.69) is 11.9 Å². The average molecular weight is 245 g/mol. The second-order valence-corrected chi connectivity index (χ2v) is 4.46. The molecule has 18 heavy (non-hydrogen) atoms. The number of Topliss-reactive ketones (excluding diaryl/α,β-unsaturated/α-hetero) is 1. The highest BCUT2D eigenvalue weighted by Gasteiger charge is 2.21. The summed E-state index contributed by atoms with van der Waals surface area (Å²) < 4.78 is 0. The fraction of sp³-hybridized carbons (Fsp3) is 0.333. The molecule has 0 fully saturated rings. The molecular formula is C15H19NO2. The highest BCUT2D eigenvalue weighted by molar-refractivity contribution is 6.43. The lowest BCUT2D eigenvalue weighted by Gasteiger charge is -2.13. The predicted molar refractivity (Wildman–Crippen MR) is 72.9 cm³/mol. The van der Waals surface area contributed by atoms with Gasteiger partial charge in [-0.25, -0.2) is 0 Å². The smallest absolute Gasteiger partial charge is 0.292 e. The highest BCUT2D eigenvalue weighted by atomic mass is 16.2. The first-order valence-corrected chi connectivity index (χ1v) is 5.91. The van der Waals surface area contributed by atoms with E-state index >= 15 is 0 Å². The number of nitrogens with one attached hydrogen (secondary N) is 1. The Morgan fingerprint density at radius 1 is 1.17 bits per heavy atom. The van der Waals surface area contributed by atoms with Crippen LogP contribution in [0.15, 0.2) is 18.7 Å². The number of ketones is 1. The van der Waals surface area contributed by atoms with Crippen LogP contribution in [0.2, 0.25) is 0 Å². The molecule has 0 saturated carbocycles. The van der Waals surface area contributed by atoms with Crippen molar-refractivity contribution in [1.82, 2.24) is 5.32 Å². The normalized spacial score (nSPS) is 10.0. The molecule has 3 heteroatoms. The van der Waals surface area contributed by atoms with Gasteiger partial charge in [-0.15, -0.1) is 6.58 Å². The van der Waals surface area contributed by atoms with E-state index in [1.54, 1.807) is 6.08 Å². The summed E-state index contributed by atoms with van der Waals surface area (Å²) in [4.78, 5) is 23.9. The van der Waals surface area contributed by atoms with Gasteiger partial charge in [0.1, 0.15) is 0 Å². The number of rotatable bonds is 4. The van der Waals surface area contributed by atoms with Gasteiger partial charge in [0.2, 0.25) is 0 Å². The molecule has 0 unspecified atom stereocenters. The lowest BCUT2D eigenvalue weighted by atomic mass is 9.91. The van der Waals surface area contributed by atoms with E-state index in [0.29, 0.717) is 12.1 Å².